The minimum atomic E-state index is -4.30. The third-order valence-corrected chi connectivity index (χ3v) is 4.91. The first-order valence-corrected chi connectivity index (χ1v) is 9.22. The highest BCUT2D eigenvalue weighted by Gasteiger charge is 2.29. The first-order chi connectivity index (χ1) is 12.3. The minimum absolute atomic E-state index is 0. The van der Waals surface area contributed by atoms with Gasteiger partial charge in [-0.1, -0.05) is 26.0 Å². The van der Waals surface area contributed by atoms with Crippen molar-refractivity contribution >= 4 is 41.3 Å². The van der Waals surface area contributed by atoms with E-state index in [1.807, 2.05) is 5.38 Å². The second kappa shape index (κ2) is 10.8. The molecule has 0 bridgehead atoms. The van der Waals surface area contributed by atoms with Gasteiger partial charge in [-0.3, -0.25) is 4.99 Å². The molecule has 0 atom stereocenters. The molecule has 0 aliphatic rings. The summed E-state index contributed by atoms with van der Waals surface area (Å²) >= 11 is 1.64. The number of aromatic nitrogens is 1. The van der Waals surface area contributed by atoms with Gasteiger partial charge in [-0.2, -0.15) is 13.2 Å². The summed E-state index contributed by atoms with van der Waals surface area (Å²) in [4.78, 5) is 8.70. The van der Waals surface area contributed by atoms with Crippen LogP contribution in [0.4, 0.5) is 13.2 Å². The van der Waals surface area contributed by atoms with E-state index in [9.17, 15) is 13.2 Å². The number of hydrogen-bond donors (Lipinski definition) is 2. The standard InChI is InChI=1S/C18H23F3N4S.HI/c1-12(2)16-25-15(11-26-16)10-24-17(22-3)23-9-8-13-4-6-14(7-5-13)18(19,20)21;/h4-7,11-12H,8-10H2,1-3H3,(H2,22,23,24);1H. The van der Waals surface area contributed by atoms with Crippen molar-refractivity contribution in [1.82, 2.24) is 15.6 Å². The molecule has 0 radical (unpaired) electrons. The third-order valence-electron chi connectivity index (χ3n) is 3.71. The summed E-state index contributed by atoms with van der Waals surface area (Å²) in [5.74, 6) is 1.05. The molecule has 0 unspecified atom stereocenters. The van der Waals surface area contributed by atoms with Crippen molar-refractivity contribution < 1.29 is 13.2 Å². The number of halogens is 4. The number of aliphatic imine (C=N–C) groups is 1. The number of alkyl halides is 3. The van der Waals surface area contributed by atoms with Gasteiger partial charge in [0, 0.05) is 24.9 Å². The summed E-state index contributed by atoms with van der Waals surface area (Å²) in [5, 5.41) is 9.47. The average Bonchev–Trinajstić information content (AvgIpc) is 3.07. The van der Waals surface area contributed by atoms with E-state index in [-0.39, 0.29) is 24.0 Å². The Bertz CT molecular complexity index is 727. The van der Waals surface area contributed by atoms with E-state index >= 15 is 0 Å². The molecule has 1 aromatic heterocycles. The quantitative estimate of drug-likeness (QED) is 0.332. The number of nitrogens with one attached hydrogen (secondary N) is 2. The fourth-order valence-corrected chi connectivity index (χ4v) is 3.08. The molecule has 0 spiro atoms. The lowest BCUT2D eigenvalue weighted by Gasteiger charge is -2.11. The molecule has 1 aromatic carbocycles. The van der Waals surface area contributed by atoms with Gasteiger partial charge in [0.1, 0.15) is 0 Å². The van der Waals surface area contributed by atoms with Crippen LogP contribution in [0.15, 0.2) is 34.6 Å². The fourth-order valence-electron chi connectivity index (χ4n) is 2.25. The summed E-state index contributed by atoms with van der Waals surface area (Å²) < 4.78 is 37.7. The topological polar surface area (TPSA) is 49.3 Å². The maximum Gasteiger partial charge on any atom is 0.416 e. The van der Waals surface area contributed by atoms with Crippen LogP contribution in [0.3, 0.4) is 0 Å². The van der Waals surface area contributed by atoms with Gasteiger partial charge >= 0.3 is 6.18 Å². The molecule has 0 saturated heterocycles. The van der Waals surface area contributed by atoms with Gasteiger partial charge in [0.05, 0.1) is 22.8 Å². The maximum absolute atomic E-state index is 12.6. The molecule has 1 heterocycles. The Morgan fingerprint density at radius 2 is 1.85 bits per heavy atom. The smallest absolute Gasteiger partial charge is 0.356 e. The largest absolute Gasteiger partial charge is 0.416 e. The van der Waals surface area contributed by atoms with Crippen LogP contribution in [0.1, 0.15) is 41.6 Å². The lowest BCUT2D eigenvalue weighted by atomic mass is 10.1. The van der Waals surface area contributed by atoms with E-state index in [4.69, 9.17) is 0 Å². The molecule has 4 nitrogen and oxygen atoms in total. The monoisotopic (exact) mass is 512 g/mol. The van der Waals surface area contributed by atoms with E-state index in [2.05, 4.69) is 34.5 Å². The van der Waals surface area contributed by atoms with E-state index in [1.165, 1.54) is 12.1 Å². The lowest BCUT2D eigenvalue weighted by molar-refractivity contribution is -0.137. The van der Waals surface area contributed by atoms with Crippen molar-refractivity contribution in [2.45, 2.75) is 38.9 Å². The second-order valence-electron chi connectivity index (χ2n) is 6.13. The third kappa shape index (κ3) is 7.65. The summed E-state index contributed by atoms with van der Waals surface area (Å²) in [7, 11) is 1.67. The number of benzene rings is 1. The maximum atomic E-state index is 12.6. The van der Waals surface area contributed by atoms with Gasteiger partial charge in [-0.25, -0.2) is 4.98 Å². The summed E-state index contributed by atoms with van der Waals surface area (Å²) in [6, 6.07) is 5.22. The lowest BCUT2D eigenvalue weighted by Crippen LogP contribution is -2.37. The molecule has 9 heteroatoms. The SMILES string of the molecule is CN=C(NCCc1ccc(C(F)(F)F)cc1)NCc1csc(C(C)C)n1.I. The van der Waals surface area contributed by atoms with Crippen LogP contribution in [-0.4, -0.2) is 24.5 Å². The zero-order valence-electron chi connectivity index (χ0n) is 15.4. The van der Waals surface area contributed by atoms with Crippen LogP contribution >= 0.6 is 35.3 Å². The highest BCUT2D eigenvalue weighted by Crippen LogP contribution is 2.29. The van der Waals surface area contributed by atoms with E-state index < -0.39 is 11.7 Å². The van der Waals surface area contributed by atoms with Crippen molar-refractivity contribution in [2.75, 3.05) is 13.6 Å². The summed E-state index contributed by atoms with van der Waals surface area (Å²) in [6.45, 7) is 5.36. The van der Waals surface area contributed by atoms with Crippen molar-refractivity contribution in [3.05, 3.63) is 51.5 Å². The zero-order valence-corrected chi connectivity index (χ0v) is 18.6. The Kier molecular flexibility index (Phi) is 9.51. The number of nitrogens with zero attached hydrogens (tertiary/aromatic N) is 2. The number of rotatable bonds is 6. The summed E-state index contributed by atoms with van der Waals surface area (Å²) in [5.41, 5.74) is 1.17. The van der Waals surface area contributed by atoms with E-state index in [0.29, 0.717) is 31.4 Å². The average molecular weight is 512 g/mol. The summed E-state index contributed by atoms with van der Waals surface area (Å²) in [6.07, 6.45) is -3.69. The predicted octanol–water partition coefficient (Wildman–Crippen LogP) is 4.81. The van der Waals surface area contributed by atoms with E-state index in [1.54, 1.807) is 18.4 Å². The molecule has 0 saturated carbocycles. The second-order valence-corrected chi connectivity index (χ2v) is 7.02. The Balaban J connectivity index is 0.00000364. The number of thiazole rings is 1. The van der Waals surface area contributed by atoms with Crippen molar-refractivity contribution in [3.63, 3.8) is 0 Å². The Hall–Kier alpha value is -1.36. The molecule has 0 amide bonds. The minimum Gasteiger partial charge on any atom is -0.356 e. The first-order valence-electron chi connectivity index (χ1n) is 8.34. The Labute approximate surface area is 178 Å². The van der Waals surface area contributed by atoms with Crippen LogP contribution < -0.4 is 10.6 Å². The highest BCUT2D eigenvalue weighted by molar-refractivity contribution is 14.0. The molecule has 0 fully saturated rings. The molecule has 150 valence electrons. The van der Waals surface area contributed by atoms with Crippen molar-refractivity contribution in [1.29, 1.82) is 0 Å². The number of guanidine groups is 1. The molecular formula is C18H24F3IN4S. The molecule has 0 aliphatic carbocycles. The van der Waals surface area contributed by atoms with Gasteiger partial charge in [0.2, 0.25) is 0 Å². The molecule has 2 aromatic rings. The highest BCUT2D eigenvalue weighted by atomic mass is 127. The Morgan fingerprint density at radius 3 is 2.37 bits per heavy atom. The fraction of sp³-hybridized carbons (Fsp3) is 0.444. The van der Waals surface area contributed by atoms with Crippen LogP contribution in [0.2, 0.25) is 0 Å². The van der Waals surface area contributed by atoms with Crippen molar-refractivity contribution in [3.8, 4) is 0 Å². The van der Waals surface area contributed by atoms with Crippen LogP contribution in [0, 0.1) is 0 Å². The van der Waals surface area contributed by atoms with Gasteiger partial charge < -0.3 is 10.6 Å². The van der Waals surface area contributed by atoms with Crippen LogP contribution in [0.5, 0.6) is 0 Å². The van der Waals surface area contributed by atoms with Gasteiger partial charge in [-0.05, 0) is 24.1 Å². The van der Waals surface area contributed by atoms with E-state index in [0.717, 1.165) is 28.4 Å². The van der Waals surface area contributed by atoms with Crippen LogP contribution in [-0.2, 0) is 19.1 Å². The van der Waals surface area contributed by atoms with Crippen molar-refractivity contribution in [2.24, 2.45) is 4.99 Å². The van der Waals surface area contributed by atoms with Gasteiger partial charge in [0.15, 0.2) is 5.96 Å². The zero-order chi connectivity index (χ0) is 19.2. The molecular weight excluding hydrogens is 488 g/mol. The first kappa shape index (κ1) is 23.7. The van der Waals surface area contributed by atoms with Gasteiger partial charge in [-0.15, -0.1) is 35.3 Å². The Morgan fingerprint density at radius 1 is 1.19 bits per heavy atom. The molecule has 27 heavy (non-hydrogen) atoms. The normalized spacial score (nSPS) is 12.0. The molecule has 2 N–H and O–H groups in total. The molecule has 2 rings (SSSR count). The predicted molar refractivity (Wildman–Crippen MR) is 115 cm³/mol. The van der Waals surface area contributed by atoms with Gasteiger partial charge in [0.25, 0.3) is 0 Å². The van der Waals surface area contributed by atoms with Crippen LogP contribution in [0.25, 0.3) is 0 Å². The molecule has 0 aliphatic heterocycles. The number of hydrogen-bond acceptors (Lipinski definition) is 3.